The second kappa shape index (κ2) is 5.99. The number of piperazine rings is 1. The number of hydrogen-bond acceptors (Lipinski definition) is 3. The van der Waals surface area contributed by atoms with Gasteiger partial charge in [-0.05, 0) is 24.6 Å². The highest BCUT2D eigenvalue weighted by Gasteiger charge is 2.30. The monoisotopic (exact) mass is 284 g/mol. The number of rotatable bonds is 3. The molecular formula is C16H20N4O. The molecule has 1 aliphatic rings. The molecule has 5 nitrogen and oxygen atoms in total. The zero-order valence-corrected chi connectivity index (χ0v) is 12.2. The second-order valence-electron chi connectivity index (χ2n) is 5.31. The van der Waals surface area contributed by atoms with Crippen LogP contribution in [0.4, 0.5) is 5.69 Å². The molecule has 110 valence electrons. The molecule has 1 N–H and O–H groups in total. The van der Waals surface area contributed by atoms with E-state index in [-0.39, 0.29) is 11.9 Å². The second-order valence-corrected chi connectivity index (χ2v) is 5.31. The number of para-hydroxylation sites is 1. The van der Waals surface area contributed by atoms with E-state index >= 15 is 0 Å². The summed E-state index contributed by atoms with van der Waals surface area (Å²) in [6.45, 7) is 4.61. The van der Waals surface area contributed by atoms with E-state index in [4.69, 9.17) is 0 Å². The lowest BCUT2D eigenvalue weighted by atomic mass is 10.1. The molecule has 3 rings (SSSR count). The molecule has 1 fully saturated rings. The Labute approximate surface area is 124 Å². The summed E-state index contributed by atoms with van der Waals surface area (Å²) < 4.78 is 0. The van der Waals surface area contributed by atoms with Gasteiger partial charge in [0.2, 0.25) is 0 Å². The first-order valence-electron chi connectivity index (χ1n) is 7.40. The van der Waals surface area contributed by atoms with Gasteiger partial charge in [-0.25, -0.2) is 0 Å². The Bertz CT molecular complexity index is 582. The Morgan fingerprint density at radius 2 is 2.10 bits per heavy atom. The van der Waals surface area contributed by atoms with Crippen molar-refractivity contribution in [1.29, 1.82) is 0 Å². The van der Waals surface area contributed by atoms with E-state index in [1.54, 1.807) is 12.3 Å². The molecule has 1 unspecified atom stereocenters. The Morgan fingerprint density at radius 3 is 2.76 bits per heavy atom. The maximum Gasteiger partial charge on any atom is 0.272 e. The Kier molecular flexibility index (Phi) is 3.90. The highest BCUT2D eigenvalue weighted by molar-refractivity contribution is 5.92. The molecule has 0 aliphatic carbocycles. The van der Waals surface area contributed by atoms with Gasteiger partial charge in [-0.2, -0.15) is 5.10 Å². The number of nitrogens with one attached hydrogen (secondary N) is 1. The van der Waals surface area contributed by atoms with E-state index < -0.39 is 0 Å². The predicted molar refractivity (Wildman–Crippen MR) is 82.4 cm³/mol. The summed E-state index contributed by atoms with van der Waals surface area (Å²) in [5.41, 5.74) is 1.80. The van der Waals surface area contributed by atoms with E-state index in [1.165, 1.54) is 5.69 Å². The van der Waals surface area contributed by atoms with Crippen molar-refractivity contribution in [2.24, 2.45) is 0 Å². The molecule has 1 atom stereocenters. The van der Waals surface area contributed by atoms with Crippen LogP contribution in [0.5, 0.6) is 0 Å². The minimum atomic E-state index is 0.0482. The molecule has 0 spiro atoms. The number of carbonyl (C=O) groups is 1. The number of anilines is 1. The highest BCUT2D eigenvalue weighted by atomic mass is 16.2. The molecule has 0 radical (unpaired) electrons. The first-order valence-corrected chi connectivity index (χ1v) is 7.40. The summed E-state index contributed by atoms with van der Waals surface area (Å²) in [5, 5.41) is 6.64. The van der Waals surface area contributed by atoms with Crippen molar-refractivity contribution in [3.63, 3.8) is 0 Å². The zero-order chi connectivity index (χ0) is 14.7. The first-order chi connectivity index (χ1) is 10.3. The normalized spacial score (nSPS) is 18.8. The Balaban J connectivity index is 1.74. The first kappa shape index (κ1) is 13.7. The predicted octanol–water partition coefficient (Wildman–Crippen LogP) is 2.15. The van der Waals surface area contributed by atoms with E-state index in [2.05, 4.69) is 46.3 Å². The van der Waals surface area contributed by atoms with Crippen LogP contribution in [-0.4, -0.2) is 46.7 Å². The standard InChI is InChI=1S/C16H20N4O/c1-2-13-12-19(14-6-4-3-5-7-14)10-11-20(13)16(21)15-8-9-17-18-15/h3-9,13H,2,10-12H2,1H3,(H,17,18). The number of carbonyl (C=O) groups excluding carboxylic acids is 1. The number of aromatic amines is 1. The molecule has 5 heteroatoms. The van der Waals surface area contributed by atoms with Crippen molar-refractivity contribution >= 4 is 11.6 Å². The fourth-order valence-corrected chi connectivity index (χ4v) is 2.88. The van der Waals surface area contributed by atoms with Crippen LogP contribution in [0.15, 0.2) is 42.6 Å². The van der Waals surface area contributed by atoms with Gasteiger partial charge in [0.15, 0.2) is 0 Å². The van der Waals surface area contributed by atoms with Gasteiger partial charge < -0.3 is 9.80 Å². The zero-order valence-electron chi connectivity index (χ0n) is 12.2. The third-order valence-electron chi connectivity index (χ3n) is 4.07. The number of amides is 1. The molecule has 1 aromatic carbocycles. The van der Waals surface area contributed by atoms with Crippen molar-refractivity contribution < 1.29 is 4.79 Å². The quantitative estimate of drug-likeness (QED) is 0.939. The number of hydrogen-bond donors (Lipinski definition) is 1. The molecule has 1 aromatic heterocycles. The van der Waals surface area contributed by atoms with Crippen molar-refractivity contribution in [2.75, 3.05) is 24.5 Å². The minimum absolute atomic E-state index is 0.0482. The molecule has 1 aliphatic heterocycles. The van der Waals surface area contributed by atoms with Crippen molar-refractivity contribution in [3.05, 3.63) is 48.3 Å². The van der Waals surface area contributed by atoms with Gasteiger partial charge in [0, 0.05) is 37.6 Å². The number of H-pyrrole nitrogens is 1. The Hall–Kier alpha value is -2.30. The topological polar surface area (TPSA) is 52.2 Å². The summed E-state index contributed by atoms with van der Waals surface area (Å²) in [6, 6.07) is 12.3. The lowest BCUT2D eigenvalue weighted by Crippen LogP contribution is -2.55. The number of nitrogens with zero attached hydrogens (tertiary/aromatic N) is 3. The molecule has 1 amide bonds. The summed E-state index contributed by atoms with van der Waals surface area (Å²) in [6.07, 6.45) is 2.57. The molecule has 2 heterocycles. The fourth-order valence-electron chi connectivity index (χ4n) is 2.88. The van der Waals surface area contributed by atoms with Gasteiger partial charge in [0.05, 0.1) is 0 Å². The van der Waals surface area contributed by atoms with Crippen LogP contribution in [0.1, 0.15) is 23.8 Å². The van der Waals surface area contributed by atoms with Gasteiger partial charge in [-0.15, -0.1) is 0 Å². The molecule has 2 aromatic rings. The van der Waals surface area contributed by atoms with E-state index in [1.807, 2.05) is 11.0 Å². The highest BCUT2D eigenvalue weighted by Crippen LogP contribution is 2.21. The average Bonchev–Trinajstić information content (AvgIpc) is 3.09. The third-order valence-corrected chi connectivity index (χ3v) is 4.07. The minimum Gasteiger partial charge on any atom is -0.368 e. The summed E-state index contributed by atoms with van der Waals surface area (Å²) in [4.78, 5) is 16.8. The maximum absolute atomic E-state index is 12.5. The van der Waals surface area contributed by atoms with Crippen molar-refractivity contribution in [2.45, 2.75) is 19.4 Å². The SMILES string of the molecule is CCC1CN(c2ccccc2)CCN1C(=O)c1ccn[nH]1. The van der Waals surface area contributed by atoms with Gasteiger partial charge >= 0.3 is 0 Å². The lowest BCUT2D eigenvalue weighted by Gasteiger charge is -2.42. The average molecular weight is 284 g/mol. The van der Waals surface area contributed by atoms with E-state index in [0.717, 1.165) is 26.1 Å². The van der Waals surface area contributed by atoms with Crippen LogP contribution >= 0.6 is 0 Å². The largest absolute Gasteiger partial charge is 0.368 e. The van der Waals surface area contributed by atoms with Gasteiger partial charge in [0.25, 0.3) is 5.91 Å². The van der Waals surface area contributed by atoms with Crippen LogP contribution < -0.4 is 4.90 Å². The summed E-state index contributed by atoms with van der Waals surface area (Å²) >= 11 is 0. The fraction of sp³-hybridized carbons (Fsp3) is 0.375. The molecule has 0 saturated carbocycles. The van der Waals surface area contributed by atoms with Crippen LogP contribution in [-0.2, 0) is 0 Å². The van der Waals surface area contributed by atoms with Crippen LogP contribution in [0.3, 0.4) is 0 Å². The van der Waals surface area contributed by atoms with Crippen molar-refractivity contribution in [3.8, 4) is 0 Å². The van der Waals surface area contributed by atoms with E-state index in [0.29, 0.717) is 5.69 Å². The van der Waals surface area contributed by atoms with Crippen LogP contribution in [0.25, 0.3) is 0 Å². The number of aromatic nitrogens is 2. The molecule has 1 saturated heterocycles. The van der Waals surface area contributed by atoms with Gasteiger partial charge in [0.1, 0.15) is 5.69 Å². The third kappa shape index (κ3) is 2.77. The number of benzene rings is 1. The lowest BCUT2D eigenvalue weighted by molar-refractivity contribution is 0.0645. The maximum atomic E-state index is 12.5. The Morgan fingerprint density at radius 1 is 1.29 bits per heavy atom. The van der Waals surface area contributed by atoms with E-state index in [9.17, 15) is 4.79 Å². The van der Waals surface area contributed by atoms with Crippen LogP contribution in [0.2, 0.25) is 0 Å². The molecule has 21 heavy (non-hydrogen) atoms. The smallest absolute Gasteiger partial charge is 0.272 e. The summed E-state index contributed by atoms with van der Waals surface area (Å²) in [7, 11) is 0. The van der Waals surface area contributed by atoms with Crippen LogP contribution in [0, 0.1) is 0 Å². The molecular weight excluding hydrogens is 264 g/mol. The summed E-state index contributed by atoms with van der Waals surface area (Å²) in [5.74, 6) is 0.0482. The van der Waals surface area contributed by atoms with Gasteiger partial charge in [-0.3, -0.25) is 9.89 Å². The molecule has 0 bridgehead atoms. The van der Waals surface area contributed by atoms with Gasteiger partial charge in [-0.1, -0.05) is 25.1 Å². The van der Waals surface area contributed by atoms with Crippen molar-refractivity contribution in [1.82, 2.24) is 15.1 Å².